The molecule has 0 heterocycles. The van der Waals surface area contributed by atoms with Crippen molar-refractivity contribution in [2.75, 3.05) is 19.0 Å². The minimum atomic E-state index is -0.670. The van der Waals surface area contributed by atoms with Crippen molar-refractivity contribution in [1.29, 1.82) is 0 Å². The number of alkyl carbamates (subject to hydrolysis) is 1. The van der Waals surface area contributed by atoms with Crippen LogP contribution in [0.3, 0.4) is 0 Å². The number of benzene rings is 3. The summed E-state index contributed by atoms with van der Waals surface area (Å²) < 4.78 is 16.6. The van der Waals surface area contributed by atoms with E-state index in [-0.39, 0.29) is 24.3 Å². The van der Waals surface area contributed by atoms with Crippen LogP contribution < -0.4 is 15.4 Å². The Balaban J connectivity index is 1.79. The van der Waals surface area contributed by atoms with Gasteiger partial charge < -0.3 is 19.5 Å². The molecule has 0 aliphatic carbocycles. The Morgan fingerprint density at radius 3 is 2.25 bits per heavy atom. The topological polar surface area (TPSA) is 112 Å². The zero-order valence-electron chi connectivity index (χ0n) is 20.5. The highest BCUT2D eigenvalue weighted by Gasteiger charge is 2.30. The van der Waals surface area contributed by atoms with E-state index in [0.717, 1.165) is 11.1 Å². The fraction of sp³-hybridized carbons (Fsp3) is 0.296. The van der Waals surface area contributed by atoms with Crippen LogP contribution in [0.4, 0.5) is 16.2 Å². The fourth-order valence-electron chi connectivity index (χ4n) is 3.75. The second kappa shape index (κ2) is 13.1. The van der Waals surface area contributed by atoms with E-state index in [0.29, 0.717) is 18.0 Å². The van der Waals surface area contributed by atoms with Crippen LogP contribution in [0.2, 0.25) is 0 Å². The molecule has 1 unspecified atom stereocenters. The van der Waals surface area contributed by atoms with Crippen molar-refractivity contribution in [1.82, 2.24) is 5.32 Å². The van der Waals surface area contributed by atoms with Crippen LogP contribution >= 0.6 is 0 Å². The molecule has 0 saturated carbocycles. The average Bonchev–Trinajstić information content (AvgIpc) is 2.91. The molecular weight excluding hydrogens is 462 g/mol. The zero-order valence-corrected chi connectivity index (χ0v) is 20.5. The third-order valence-electron chi connectivity index (χ3n) is 5.70. The number of carbonyl (C=O) groups excluding carboxylic acids is 1. The minimum absolute atomic E-state index is 0.00427. The molecule has 36 heavy (non-hydrogen) atoms. The van der Waals surface area contributed by atoms with E-state index >= 15 is 0 Å². The number of hydrogen-bond acceptors (Lipinski definition) is 7. The number of rotatable bonds is 12. The third kappa shape index (κ3) is 7.44. The van der Waals surface area contributed by atoms with Crippen molar-refractivity contribution in [3.63, 3.8) is 0 Å². The van der Waals surface area contributed by atoms with E-state index in [2.05, 4.69) is 10.6 Å². The van der Waals surface area contributed by atoms with Gasteiger partial charge in [-0.15, -0.1) is 0 Å². The lowest BCUT2D eigenvalue weighted by Gasteiger charge is -2.32. The second-order valence-electron chi connectivity index (χ2n) is 8.14. The number of anilines is 1. The van der Waals surface area contributed by atoms with E-state index in [4.69, 9.17) is 14.2 Å². The molecule has 0 aliphatic heterocycles. The molecule has 3 rings (SSSR count). The van der Waals surface area contributed by atoms with Crippen LogP contribution in [0.1, 0.15) is 31.0 Å². The van der Waals surface area contributed by atoms with Crippen LogP contribution in [0, 0.1) is 16.0 Å². The number of amides is 1. The molecule has 2 N–H and O–H groups in total. The molecule has 0 spiro atoms. The Morgan fingerprint density at radius 2 is 1.67 bits per heavy atom. The Labute approximate surface area is 210 Å². The Kier molecular flexibility index (Phi) is 9.64. The molecule has 0 aromatic heterocycles. The monoisotopic (exact) mass is 493 g/mol. The number of non-ortho nitro benzene ring substituents is 1. The van der Waals surface area contributed by atoms with E-state index in [1.165, 1.54) is 12.1 Å². The van der Waals surface area contributed by atoms with Gasteiger partial charge in [-0.25, -0.2) is 4.79 Å². The molecule has 0 radical (unpaired) electrons. The Bertz CT molecular complexity index is 1110. The first-order valence-electron chi connectivity index (χ1n) is 11.6. The van der Waals surface area contributed by atoms with Crippen molar-refractivity contribution < 1.29 is 23.9 Å². The lowest BCUT2D eigenvalue weighted by Crippen LogP contribution is -2.44. The average molecular weight is 494 g/mol. The summed E-state index contributed by atoms with van der Waals surface area (Å²) in [5.41, 5.74) is 2.50. The number of carbonyl (C=O) groups is 1. The first-order valence-corrected chi connectivity index (χ1v) is 11.6. The summed E-state index contributed by atoms with van der Waals surface area (Å²) in [6.07, 6.45) is -1.26. The van der Waals surface area contributed by atoms with Crippen molar-refractivity contribution in [3.05, 3.63) is 100 Å². The van der Waals surface area contributed by atoms with Crippen LogP contribution in [-0.2, 0) is 16.1 Å². The number of ether oxygens (including phenoxy) is 3. The number of methoxy groups -OCH3 is 1. The number of nitrogens with one attached hydrogen (secondary N) is 2. The van der Waals surface area contributed by atoms with Crippen molar-refractivity contribution in [2.45, 2.75) is 32.7 Å². The summed E-state index contributed by atoms with van der Waals surface area (Å²) in [4.78, 5) is 23.2. The van der Waals surface area contributed by atoms with Crippen LogP contribution in [0.5, 0.6) is 5.75 Å². The summed E-state index contributed by atoms with van der Waals surface area (Å²) >= 11 is 0. The molecule has 0 fully saturated rings. The maximum Gasteiger partial charge on any atom is 0.409 e. The third-order valence-corrected chi connectivity index (χ3v) is 5.70. The van der Waals surface area contributed by atoms with Crippen molar-refractivity contribution in [3.8, 4) is 5.75 Å². The lowest BCUT2D eigenvalue weighted by atomic mass is 9.92. The summed E-state index contributed by atoms with van der Waals surface area (Å²) in [5, 5.41) is 17.3. The highest BCUT2D eigenvalue weighted by molar-refractivity contribution is 5.67. The molecule has 3 atom stereocenters. The van der Waals surface area contributed by atoms with E-state index in [1.54, 1.807) is 19.2 Å². The van der Waals surface area contributed by atoms with Gasteiger partial charge in [0.1, 0.15) is 18.6 Å². The van der Waals surface area contributed by atoms with Gasteiger partial charge in [-0.05, 0) is 42.3 Å². The fourth-order valence-corrected chi connectivity index (χ4v) is 3.75. The van der Waals surface area contributed by atoms with E-state index < -0.39 is 17.2 Å². The molecule has 190 valence electrons. The van der Waals surface area contributed by atoms with Crippen molar-refractivity contribution >= 4 is 17.5 Å². The molecule has 0 bridgehead atoms. The van der Waals surface area contributed by atoms with Crippen LogP contribution in [-0.4, -0.2) is 31.0 Å². The molecule has 3 aromatic carbocycles. The number of nitrogens with zero attached hydrogens (tertiary/aromatic N) is 1. The molecular formula is C27H31N3O6. The van der Waals surface area contributed by atoms with Gasteiger partial charge in [0.25, 0.3) is 5.69 Å². The zero-order chi connectivity index (χ0) is 25.9. The van der Waals surface area contributed by atoms with E-state index in [1.807, 2.05) is 68.4 Å². The van der Waals surface area contributed by atoms with Gasteiger partial charge >= 0.3 is 6.09 Å². The van der Waals surface area contributed by atoms with Gasteiger partial charge in [0.05, 0.1) is 18.1 Å². The number of nitro benzene ring substituents is 1. The predicted molar refractivity (Wildman–Crippen MR) is 137 cm³/mol. The van der Waals surface area contributed by atoms with E-state index in [9.17, 15) is 14.9 Å². The molecule has 0 saturated heterocycles. The largest absolute Gasteiger partial charge is 0.497 e. The first kappa shape index (κ1) is 26.5. The smallest absolute Gasteiger partial charge is 0.409 e. The van der Waals surface area contributed by atoms with Gasteiger partial charge in [0, 0.05) is 30.3 Å². The molecule has 1 amide bonds. The molecule has 0 aliphatic rings. The minimum Gasteiger partial charge on any atom is -0.497 e. The lowest BCUT2D eigenvalue weighted by molar-refractivity contribution is -0.384. The normalized spacial score (nSPS) is 13.2. The predicted octanol–water partition coefficient (Wildman–Crippen LogP) is 5.68. The van der Waals surface area contributed by atoms with Gasteiger partial charge in [0.2, 0.25) is 0 Å². The summed E-state index contributed by atoms with van der Waals surface area (Å²) in [5.74, 6) is 0.447. The number of hydrogen-bond donors (Lipinski definition) is 2. The second-order valence-corrected chi connectivity index (χ2v) is 8.14. The van der Waals surface area contributed by atoms with Crippen LogP contribution in [0.25, 0.3) is 0 Å². The van der Waals surface area contributed by atoms with Gasteiger partial charge in [-0.3, -0.25) is 15.4 Å². The maximum atomic E-state index is 12.6. The maximum absolute atomic E-state index is 12.6. The van der Waals surface area contributed by atoms with Gasteiger partial charge in [-0.2, -0.15) is 0 Å². The molecule has 9 nitrogen and oxygen atoms in total. The Hall–Kier alpha value is -4.11. The summed E-state index contributed by atoms with van der Waals surface area (Å²) in [7, 11) is 1.60. The highest BCUT2D eigenvalue weighted by atomic mass is 16.6. The summed E-state index contributed by atoms with van der Waals surface area (Å²) in [6, 6.07) is 22.8. The van der Waals surface area contributed by atoms with Gasteiger partial charge in [0.15, 0.2) is 0 Å². The quantitative estimate of drug-likeness (QED) is 0.190. The van der Waals surface area contributed by atoms with Crippen LogP contribution in [0.15, 0.2) is 78.9 Å². The molecule has 3 aromatic rings. The first-order chi connectivity index (χ1) is 17.4. The SMILES string of the molecule is CCOC(NC(=O)OCc1ccccc1)[C@H](C)[C@H](Nc1ccc([N+](=O)[O-])cc1)c1ccc(OC)cc1. The highest BCUT2D eigenvalue weighted by Crippen LogP contribution is 2.31. The van der Waals surface area contributed by atoms with Crippen molar-refractivity contribution in [2.24, 2.45) is 5.92 Å². The number of nitro groups is 1. The summed E-state index contributed by atoms with van der Waals surface area (Å²) in [6.45, 7) is 4.32. The molecule has 9 heteroatoms. The Morgan fingerprint density at radius 1 is 1.00 bits per heavy atom. The standard InChI is InChI=1S/C27H31N3O6/c1-4-35-26(29-27(31)36-18-20-8-6-5-7-9-20)19(2)25(21-10-16-24(34-3)17-11-21)28-22-12-14-23(15-13-22)30(32)33/h5-17,19,25-26,28H,4,18H2,1-3H3,(H,29,31)/t19-,25+,26?/m1/s1. The van der Waals surface area contributed by atoms with Gasteiger partial charge in [-0.1, -0.05) is 49.4 Å².